The normalized spacial score (nSPS) is 11.8. The average Bonchev–Trinajstić information content (AvgIpc) is 3.15. The van der Waals surface area contributed by atoms with Gasteiger partial charge in [0.25, 0.3) is 11.1 Å². The van der Waals surface area contributed by atoms with Gasteiger partial charge in [-0.3, -0.25) is 0 Å². The quantitative estimate of drug-likeness (QED) is 0.618. The van der Waals surface area contributed by atoms with Crippen molar-refractivity contribution in [3.8, 4) is 10.8 Å². The summed E-state index contributed by atoms with van der Waals surface area (Å²) in [6, 6.07) is 8.81. The van der Waals surface area contributed by atoms with Crippen LogP contribution < -0.4 is 0 Å². The van der Waals surface area contributed by atoms with Crippen molar-refractivity contribution in [3.05, 3.63) is 52.9 Å². The monoisotopic (exact) mass is 342 g/mol. The Morgan fingerprint density at radius 2 is 1.86 bits per heavy atom. The Bertz CT molecular complexity index is 736. The molecule has 0 atom stereocenters. The number of hydrogen-bond acceptors (Lipinski definition) is 5. The molecule has 8 heteroatoms. The van der Waals surface area contributed by atoms with E-state index >= 15 is 0 Å². The second kappa shape index (κ2) is 6.13. The van der Waals surface area contributed by atoms with E-state index < -0.39 is 11.7 Å². The van der Waals surface area contributed by atoms with E-state index in [4.69, 9.17) is 4.42 Å². The Morgan fingerprint density at radius 3 is 2.50 bits per heavy atom. The van der Waals surface area contributed by atoms with Crippen molar-refractivity contribution in [1.82, 2.24) is 10.2 Å². The van der Waals surface area contributed by atoms with Gasteiger partial charge in [0.2, 0.25) is 0 Å². The molecule has 0 unspecified atom stereocenters. The summed E-state index contributed by atoms with van der Waals surface area (Å²) in [6.45, 7) is 0. The zero-order valence-electron chi connectivity index (χ0n) is 11.0. The van der Waals surface area contributed by atoms with Crippen LogP contribution in [0.15, 0.2) is 51.4 Å². The van der Waals surface area contributed by atoms with Crippen LogP contribution in [0.1, 0.15) is 11.1 Å². The van der Waals surface area contributed by atoms with Crippen LogP contribution in [0.3, 0.4) is 0 Å². The highest BCUT2D eigenvalue weighted by atomic mass is 32.2. The molecule has 0 fully saturated rings. The van der Waals surface area contributed by atoms with Crippen LogP contribution in [0, 0.1) is 0 Å². The lowest BCUT2D eigenvalue weighted by molar-refractivity contribution is -0.137. The number of thioether (sulfide) groups is 1. The lowest BCUT2D eigenvalue weighted by Crippen LogP contribution is -2.04. The van der Waals surface area contributed by atoms with E-state index in [1.807, 2.05) is 17.5 Å². The maximum Gasteiger partial charge on any atom is 0.416 e. The van der Waals surface area contributed by atoms with E-state index in [-0.39, 0.29) is 0 Å². The SMILES string of the molecule is FC(F)(F)c1ccc(CSc2nnc(-c3cccs3)o2)cc1. The molecule has 2 aromatic heterocycles. The maximum absolute atomic E-state index is 12.5. The molecule has 3 aromatic rings. The van der Waals surface area contributed by atoms with Crippen LogP contribution in [-0.2, 0) is 11.9 Å². The van der Waals surface area contributed by atoms with Gasteiger partial charge in [-0.15, -0.1) is 21.5 Å². The van der Waals surface area contributed by atoms with Crippen molar-refractivity contribution in [2.45, 2.75) is 17.2 Å². The molecular weight excluding hydrogens is 333 g/mol. The Labute approximate surface area is 132 Å². The molecule has 0 spiro atoms. The minimum atomic E-state index is -4.31. The van der Waals surface area contributed by atoms with E-state index in [1.165, 1.54) is 35.2 Å². The number of hydrogen-bond donors (Lipinski definition) is 0. The molecule has 2 heterocycles. The smallest absolute Gasteiger partial charge is 0.410 e. The third-order valence-corrected chi connectivity index (χ3v) is 4.53. The number of rotatable bonds is 4. The highest BCUT2D eigenvalue weighted by molar-refractivity contribution is 7.98. The fraction of sp³-hybridized carbons (Fsp3) is 0.143. The number of alkyl halides is 3. The maximum atomic E-state index is 12.5. The van der Waals surface area contributed by atoms with Crippen LogP contribution >= 0.6 is 23.1 Å². The van der Waals surface area contributed by atoms with E-state index in [1.54, 1.807) is 0 Å². The third-order valence-electron chi connectivity index (χ3n) is 2.78. The molecule has 0 amide bonds. The summed E-state index contributed by atoms with van der Waals surface area (Å²) in [5, 5.41) is 10.2. The molecular formula is C14H9F3N2OS2. The predicted octanol–water partition coefficient (Wildman–Crippen LogP) is 5.11. The topological polar surface area (TPSA) is 38.9 Å². The standard InChI is InChI=1S/C14H9F3N2OS2/c15-14(16,17)10-5-3-9(4-6-10)8-22-13-19-18-12(20-13)11-2-1-7-21-11/h1-7H,8H2. The molecule has 22 heavy (non-hydrogen) atoms. The van der Waals surface area contributed by atoms with Crippen molar-refractivity contribution in [2.75, 3.05) is 0 Å². The zero-order valence-corrected chi connectivity index (χ0v) is 12.6. The van der Waals surface area contributed by atoms with Crippen molar-refractivity contribution in [1.29, 1.82) is 0 Å². The highest BCUT2D eigenvalue weighted by Gasteiger charge is 2.29. The number of nitrogens with zero attached hydrogens (tertiary/aromatic N) is 2. The molecule has 0 aliphatic rings. The predicted molar refractivity (Wildman–Crippen MR) is 78.6 cm³/mol. The van der Waals surface area contributed by atoms with Gasteiger partial charge in [-0.25, -0.2) is 0 Å². The summed E-state index contributed by atoms with van der Waals surface area (Å²) in [5.74, 6) is 0.912. The van der Waals surface area contributed by atoms with Crippen molar-refractivity contribution in [3.63, 3.8) is 0 Å². The Morgan fingerprint density at radius 1 is 1.09 bits per heavy atom. The van der Waals surface area contributed by atoms with Gasteiger partial charge in [0.1, 0.15) is 0 Å². The van der Waals surface area contributed by atoms with E-state index in [0.29, 0.717) is 16.9 Å². The summed E-state index contributed by atoms with van der Waals surface area (Å²) < 4.78 is 42.9. The molecule has 0 aliphatic carbocycles. The fourth-order valence-corrected chi connectivity index (χ4v) is 3.07. The molecule has 3 rings (SSSR count). The fourth-order valence-electron chi connectivity index (χ4n) is 1.70. The van der Waals surface area contributed by atoms with Crippen LogP contribution in [0.4, 0.5) is 13.2 Å². The number of aromatic nitrogens is 2. The average molecular weight is 342 g/mol. The third kappa shape index (κ3) is 3.50. The van der Waals surface area contributed by atoms with Gasteiger partial charge in [-0.1, -0.05) is 30.0 Å². The van der Waals surface area contributed by atoms with Gasteiger partial charge in [0.05, 0.1) is 10.4 Å². The van der Waals surface area contributed by atoms with Gasteiger partial charge in [-0.05, 0) is 29.1 Å². The molecule has 0 N–H and O–H groups in total. The Hall–Kier alpha value is -1.80. The zero-order chi connectivity index (χ0) is 15.6. The number of halogens is 3. The van der Waals surface area contributed by atoms with Gasteiger partial charge >= 0.3 is 6.18 Å². The molecule has 0 aliphatic heterocycles. The van der Waals surface area contributed by atoms with E-state index in [0.717, 1.165) is 22.6 Å². The minimum Gasteiger partial charge on any atom is -0.410 e. The highest BCUT2D eigenvalue weighted by Crippen LogP contribution is 2.31. The molecule has 0 saturated carbocycles. The van der Waals surface area contributed by atoms with Gasteiger partial charge in [-0.2, -0.15) is 13.2 Å². The lowest BCUT2D eigenvalue weighted by Gasteiger charge is -2.06. The molecule has 0 radical (unpaired) electrons. The number of thiophene rings is 1. The van der Waals surface area contributed by atoms with Crippen molar-refractivity contribution in [2.24, 2.45) is 0 Å². The second-order valence-corrected chi connectivity index (χ2v) is 6.21. The van der Waals surface area contributed by atoms with E-state index in [9.17, 15) is 13.2 Å². The summed E-state index contributed by atoms with van der Waals surface area (Å²) in [7, 11) is 0. The molecule has 1 aromatic carbocycles. The Kier molecular flexibility index (Phi) is 4.21. The molecule has 0 bridgehead atoms. The molecule has 0 saturated heterocycles. The first-order valence-corrected chi connectivity index (χ1v) is 8.05. The van der Waals surface area contributed by atoms with Crippen molar-refractivity contribution >= 4 is 23.1 Å². The summed E-state index contributed by atoms with van der Waals surface area (Å²) >= 11 is 2.78. The first kappa shape index (κ1) is 15.1. The first-order valence-electron chi connectivity index (χ1n) is 6.19. The van der Waals surface area contributed by atoms with Gasteiger partial charge < -0.3 is 4.42 Å². The van der Waals surface area contributed by atoms with Crippen LogP contribution in [0.2, 0.25) is 0 Å². The van der Waals surface area contributed by atoms with Gasteiger partial charge in [0.15, 0.2) is 0 Å². The summed E-state index contributed by atoms with van der Waals surface area (Å²) in [4.78, 5) is 0.883. The number of benzene rings is 1. The molecule has 3 nitrogen and oxygen atoms in total. The first-order chi connectivity index (χ1) is 10.5. The van der Waals surface area contributed by atoms with Crippen LogP contribution in [-0.4, -0.2) is 10.2 Å². The second-order valence-electron chi connectivity index (χ2n) is 4.33. The van der Waals surface area contributed by atoms with Gasteiger partial charge in [0, 0.05) is 5.75 Å². The van der Waals surface area contributed by atoms with Crippen LogP contribution in [0.5, 0.6) is 0 Å². The summed E-state index contributed by atoms with van der Waals surface area (Å²) in [6.07, 6.45) is -4.31. The van der Waals surface area contributed by atoms with Crippen molar-refractivity contribution < 1.29 is 17.6 Å². The molecule has 114 valence electrons. The van der Waals surface area contributed by atoms with Crippen LogP contribution in [0.25, 0.3) is 10.8 Å². The minimum absolute atomic E-state index is 0.392. The Balaban J connectivity index is 1.63. The van der Waals surface area contributed by atoms with E-state index in [2.05, 4.69) is 10.2 Å². The summed E-state index contributed by atoms with van der Waals surface area (Å²) in [5.41, 5.74) is 0.105. The largest absolute Gasteiger partial charge is 0.416 e. The lowest BCUT2D eigenvalue weighted by atomic mass is 10.1.